The third-order valence-corrected chi connectivity index (χ3v) is 3.61. The second-order valence-corrected chi connectivity index (χ2v) is 4.96. The molecular formula is C14H19NO2. The number of hydrogen-bond donors (Lipinski definition) is 1. The summed E-state index contributed by atoms with van der Waals surface area (Å²) in [6, 6.07) is 8.58. The van der Waals surface area contributed by atoms with Crippen LogP contribution in [0.2, 0.25) is 0 Å². The van der Waals surface area contributed by atoms with Crippen LogP contribution in [0, 0.1) is 0 Å². The molecule has 0 saturated carbocycles. The molecule has 1 fully saturated rings. The Morgan fingerprint density at radius 3 is 3.00 bits per heavy atom. The van der Waals surface area contributed by atoms with Crippen molar-refractivity contribution in [2.24, 2.45) is 0 Å². The standard InChI is InChI=1S/C14H19NO2/c1-10-6-7-11(17-10)8-15-13-9-16-14-5-3-2-4-12(13)14/h2-5,10-11,13,15H,6-9H2,1H3. The smallest absolute Gasteiger partial charge is 0.124 e. The highest BCUT2D eigenvalue weighted by atomic mass is 16.5. The first kappa shape index (κ1) is 11.1. The number of benzene rings is 1. The number of ether oxygens (including phenoxy) is 2. The maximum atomic E-state index is 5.81. The van der Waals surface area contributed by atoms with E-state index in [1.165, 1.54) is 18.4 Å². The molecule has 0 amide bonds. The van der Waals surface area contributed by atoms with Gasteiger partial charge in [-0.2, -0.15) is 0 Å². The van der Waals surface area contributed by atoms with E-state index in [2.05, 4.69) is 24.4 Å². The molecule has 0 aromatic heterocycles. The summed E-state index contributed by atoms with van der Waals surface area (Å²) in [5, 5.41) is 3.55. The molecule has 1 aromatic rings. The van der Waals surface area contributed by atoms with E-state index in [1.54, 1.807) is 0 Å². The molecule has 3 heteroatoms. The fourth-order valence-corrected chi connectivity index (χ4v) is 2.64. The molecular weight excluding hydrogens is 214 g/mol. The molecule has 3 rings (SSSR count). The number of fused-ring (bicyclic) bond motifs is 1. The molecule has 0 bridgehead atoms. The fourth-order valence-electron chi connectivity index (χ4n) is 2.64. The van der Waals surface area contributed by atoms with Gasteiger partial charge in [0, 0.05) is 12.1 Å². The fraction of sp³-hybridized carbons (Fsp3) is 0.571. The van der Waals surface area contributed by atoms with Gasteiger partial charge in [-0.25, -0.2) is 0 Å². The summed E-state index contributed by atoms with van der Waals surface area (Å²) in [5.74, 6) is 1.02. The van der Waals surface area contributed by atoms with Gasteiger partial charge in [0.25, 0.3) is 0 Å². The predicted molar refractivity (Wildman–Crippen MR) is 66.2 cm³/mol. The van der Waals surface area contributed by atoms with Crippen molar-refractivity contribution < 1.29 is 9.47 Å². The highest BCUT2D eigenvalue weighted by Crippen LogP contribution is 2.31. The topological polar surface area (TPSA) is 30.5 Å². The molecule has 3 unspecified atom stereocenters. The van der Waals surface area contributed by atoms with Crippen LogP contribution in [0.1, 0.15) is 31.4 Å². The third kappa shape index (κ3) is 2.31. The van der Waals surface area contributed by atoms with E-state index < -0.39 is 0 Å². The van der Waals surface area contributed by atoms with Crippen LogP contribution in [0.4, 0.5) is 0 Å². The van der Waals surface area contributed by atoms with Gasteiger partial charge in [-0.3, -0.25) is 0 Å². The van der Waals surface area contributed by atoms with Crippen LogP contribution in [0.25, 0.3) is 0 Å². The lowest BCUT2D eigenvalue weighted by Gasteiger charge is -2.16. The summed E-state index contributed by atoms with van der Waals surface area (Å²) >= 11 is 0. The Morgan fingerprint density at radius 2 is 2.18 bits per heavy atom. The van der Waals surface area contributed by atoms with Gasteiger partial charge in [-0.05, 0) is 25.8 Å². The van der Waals surface area contributed by atoms with Crippen molar-refractivity contribution in [3.63, 3.8) is 0 Å². The molecule has 0 spiro atoms. The zero-order valence-corrected chi connectivity index (χ0v) is 10.2. The molecule has 3 nitrogen and oxygen atoms in total. The summed E-state index contributed by atoms with van der Waals surface area (Å²) in [6.45, 7) is 3.81. The Bertz CT molecular complexity index is 394. The largest absolute Gasteiger partial charge is 0.491 e. The van der Waals surface area contributed by atoms with Crippen molar-refractivity contribution in [2.45, 2.75) is 38.0 Å². The Labute approximate surface area is 102 Å². The molecule has 3 atom stereocenters. The monoisotopic (exact) mass is 233 g/mol. The SMILES string of the molecule is CC1CCC(CNC2COc3ccccc32)O1. The van der Waals surface area contributed by atoms with Gasteiger partial charge in [0.2, 0.25) is 0 Å². The van der Waals surface area contributed by atoms with Crippen molar-refractivity contribution in [3.8, 4) is 5.75 Å². The highest BCUT2D eigenvalue weighted by molar-refractivity contribution is 5.39. The van der Waals surface area contributed by atoms with Gasteiger partial charge in [-0.1, -0.05) is 18.2 Å². The summed E-state index contributed by atoms with van der Waals surface area (Å²) in [7, 11) is 0. The van der Waals surface area contributed by atoms with E-state index in [0.717, 1.165) is 18.9 Å². The molecule has 17 heavy (non-hydrogen) atoms. The van der Waals surface area contributed by atoms with Crippen LogP contribution in [-0.4, -0.2) is 25.4 Å². The summed E-state index contributed by atoms with van der Waals surface area (Å²) in [6.07, 6.45) is 3.15. The van der Waals surface area contributed by atoms with E-state index in [1.807, 2.05) is 12.1 Å². The quantitative estimate of drug-likeness (QED) is 0.868. The van der Waals surface area contributed by atoms with E-state index in [4.69, 9.17) is 9.47 Å². The number of hydrogen-bond acceptors (Lipinski definition) is 3. The average Bonchev–Trinajstić information content (AvgIpc) is 2.93. The molecule has 92 valence electrons. The number of nitrogens with one attached hydrogen (secondary N) is 1. The molecule has 2 heterocycles. The normalized spacial score (nSPS) is 31.2. The summed E-state index contributed by atoms with van der Waals surface area (Å²) in [5.41, 5.74) is 1.28. The Balaban J connectivity index is 1.57. The minimum Gasteiger partial charge on any atom is -0.491 e. The zero-order chi connectivity index (χ0) is 11.7. The minimum absolute atomic E-state index is 0.325. The first-order valence-corrected chi connectivity index (χ1v) is 6.43. The lowest BCUT2D eigenvalue weighted by molar-refractivity contribution is 0.0538. The third-order valence-electron chi connectivity index (χ3n) is 3.61. The Hall–Kier alpha value is -1.06. The average molecular weight is 233 g/mol. The van der Waals surface area contributed by atoms with Gasteiger partial charge in [0.15, 0.2) is 0 Å². The molecule has 1 saturated heterocycles. The number of rotatable bonds is 3. The van der Waals surface area contributed by atoms with Crippen molar-refractivity contribution in [1.29, 1.82) is 0 Å². The van der Waals surface area contributed by atoms with Crippen LogP contribution in [0.5, 0.6) is 5.75 Å². The van der Waals surface area contributed by atoms with Crippen molar-refractivity contribution >= 4 is 0 Å². The van der Waals surface area contributed by atoms with Crippen molar-refractivity contribution in [1.82, 2.24) is 5.32 Å². The molecule has 1 N–H and O–H groups in total. The van der Waals surface area contributed by atoms with Gasteiger partial charge in [-0.15, -0.1) is 0 Å². The van der Waals surface area contributed by atoms with Gasteiger partial charge in [0.05, 0.1) is 18.2 Å². The second-order valence-electron chi connectivity index (χ2n) is 4.96. The minimum atomic E-state index is 0.325. The van der Waals surface area contributed by atoms with Gasteiger partial charge < -0.3 is 14.8 Å². The first-order valence-electron chi connectivity index (χ1n) is 6.43. The van der Waals surface area contributed by atoms with E-state index >= 15 is 0 Å². The summed E-state index contributed by atoms with van der Waals surface area (Å²) in [4.78, 5) is 0. The second kappa shape index (κ2) is 4.67. The van der Waals surface area contributed by atoms with Crippen molar-refractivity contribution in [2.75, 3.05) is 13.2 Å². The highest BCUT2D eigenvalue weighted by Gasteiger charge is 2.26. The van der Waals surface area contributed by atoms with Crippen molar-refractivity contribution in [3.05, 3.63) is 29.8 Å². The van der Waals surface area contributed by atoms with E-state index in [9.17, 15) is 0 Å². The lowest BCUT2D eigenvalue weighted by atomic mass is 10.1. The maximum absolute atomic E-state index is 5.81. The van der Waals surface area contributed by atoms with Gasteiger partial charge >= 0.3 is 0 Å². The molecule has 0 radical (unpaired) electrons. The zero-order valence-electron chi connectivity index (χ0n) is 10.2. The van der Waals surface area contributed by atoms with Gasteiger partial charge in [0.1, 0.15) is 12.4 Å². The molecule has 0 aliphatic carbocycles. The number of para-hydroxylation sites is 1. The first-order chi connectivity index (χ1) is 8.33. The van der Waals surface area contributed by atoms with Crippen LogP contribution in [0.15, 0.2) is 24.3 Å². The van der Waals surface area contributed by atoms with Crippen LogP contribution < -0.4 is 10.1 Å². The van der Waals surface area contributed by atoms with E-state index in [0.29, 0.717) is 18.2 Å². The summed E-state index contributed by atoms with van der Waals surface area (Å²) < 4.78 is 11.4. The predicted octanol–water partition coefficient (Wildman–Crippen LogP) is 2.28. The van der Waals surface area contributed by atoms with Crippen LogP contribution in [-0.2, 0) is 4.74 Å². The molecule has 1 aromatic carbocycles. The molecule has 2 aliphatic heterocycles. The van der Waals surface area contributed by atoms with Crippen LogP contribution in [0.3, 0.4) is 0 Å². The van der Waals surface area contributed by atoms with Crippen LogP contribution >= 0.6 is 0 Å². The van der Waals surface area contributed by atoms with E-state index in [-0.39, 0.29) is 0 Å². The Morgan fingerprint density at radius 1 is 1.29 bits per heavy atom. The lowest BCUT2D eigenvalue weighted by Crippen LogP contribution is -2.31. The maximum Gasteiger partial charge on any atom is 0.124 e. The molecule has 2 aliphatic rings. The Kier molecular flexibility index (Phi) is 3.04.